The van der Waals surface area contributed by atoms with E-state index in [0.717, 1.165) is 5.92 Å². The number of aliphatic hydroxyl groups excluding tert-OH is 1. The fourth-order valence-corrected chi connectivity index (χ4v) is 3.20. The highest BCUT2D eigenvalue weighted by Gasteiger charge is 2.25. The summed E-state index contributed by atoms with van der Waals surface area (Å²) in [5.41, 5.74) is 1.29. The first-order chi connectivity index (χ1) is 7.70. The van der Waals surface area contributed by atoms with Crippen LogP contribution in [-0.2, 0) is 0 Å². The summed E-state index contributed by atoms with van der Waals surface area (Å²) in [6, 6.07) is 2.75. The highest BCUT2D eigenvalue weighted by Crippen LogP contribution is 2.34. The normalized spacial score (nSPS) is 19.7. The molecule has 2 nitrogen and oxygen atoms in total. The first-order valence-corrected chi connectivity index (χ1v) is 6.99. The van der Waals surface area contributed by atoms with Gasteiger partial charge in [0, 0.05) is 10.9 Å². The maximum absolute atomic E-state index is 9.47. The van der Waals surface area contributed by atoms with Crippen molar-refractivity contribution in [3.63, 3.8) is 0 Å². The maximum atomic E-state index is 9.47. The molecule has 0 bridgehead atoms. The lowest BCUT2D eigenvalue weighted by Gasteiger charge is -2.21. The van der Waals surface area contributed by atoms with Crippen molar-refractivity contribution in [3.8, 4) is 0 Å². The SMILES string of the molecule is Cc1ccsc1C(CO)NC(C)CC1CC1. The van der Waals surface area contributed by atoms with Crippen LogP contribution in [0.25, 0.3) is 0 Å². The number of hydrogen-bond donors (Lipinski definition) is 2. The van der Waals surface area contributed by atoms with E-state index in [4.69, 9.17) is 0 Å². The molecule has 3 heteroatoms. The van der Waals surface area contributed by atoms with Gasteiger partial charge in [-0.2, -0.15) is 0 Å². The van der Waals surface area contributed by atoms with Gasteiger partial charge in [0.2, 0.25) is 0 Å². The molecule has 0 saturated heterocycles. The zero-order valence-corrected chi connectivity index (χ0v) is 10.9. The second-order valence-corrected chi connectivity index (χ2v) is 5.90. The molecule has 2 rings (SSSR count). The molecule has 1 aliphatic rings. The summed E-state index contributed by atoms with van der Waals surface area (Å²) in [6.07, 6.45) is 4.04. The summed E-state index contributed by atoms with van der Waals surface area (Å²) in [7, 11) is 0. The summed E-state index contributed by atoms with van der Waals surface area (Å²) < 4.78 is 0. The quantitative estimate of drug-likeness (QED) is 0.800. The topological polar surface area (TPSA) is 32.3 Å². The first kappa shape index (κ1) is 12.1. The second kappa shape index (κ2) is 5.30. The minimum atomic E-state index is 0.119. The molecule has 90 valence electrons. The van der Waals surface area contributed by atoms with E-state index < -0.39 is 0 Å². The molecular weight excluding hydrogens is 218 g/mol. The summed E-state index contributed by atoms with van der Waals surface area (Å²) in [5, 5.41) is 15.1. The number of hydrogen-bond acceptors (Lipinski definition) is 3. The monoisotopic (exact) mass is 239 g/mol. The number of nitrogens with one attached hydrogen (secondary N) is 1. The molecule has 1 saturated carbocycles. The van der Waals surface area contributed by atoms with E-state index in [9.17, 15) is 5.11 Å². The molecule has 0 spiro atoms. The lowest BCUT2D eigenvalue weighted by atomic mass is 10.1. The minimum Gasteiger partial charge on any atom is -0.394 e. The molecule has 16 heavy (non-hydrogen) atoms. The predicted octanol–water partition coefficient (Wildman–Crippen LogP) is 2.87. The van der Waals surface area contributed by atoms with Crippen LogP contribution in [-0.4, -0.2) is 17.8 Å². The van der Waals surface area contributed by atoms with Gasteiger partial charge in [0.1, 0.15) is 0 Å². The smallest absolute Gasteiger partial charge is 0.0654 e. The van der Waals surface area contributed by atoms with Gasteiger partial charge < -0.3 is 10.4 Å². The minimum absolute atomic E-state index is 0.119. The maximum Gasteiger partial charge on any atom is 0.0654 e. The van der Waals surface area contributed by atoms with Gasteiger partial charge in [-0.25, -0.2) is 0 Å². The van der Waals surface area contributed by atoms with E-state index in [1.54, 1.807) is 11.3 Å². The van der Waals surface area contributed by atoms with Crippen LogP contribution in [0.15, 0.2) is 11.4 Å². The standard InChI is InChI=1S/C13H21NOS/c1-9-5-6-16-13(9)12(8-15)14-10(2)7-11-3-4-11/h5-6,10-12,14-15H,3-4,7-8H2,1-2H3. The average Bonchev–Trinajstić information content (AvgIpc) is 2.96. The third-order valence-electron chi connectivity index (χ3n) is 3.27. The molecule has 2 atom stereocenters. The fourth-order valence-electron chi connectivity index (χ4n) is 2.22. The van der Waals surface area contributed by atoms with Crippen LogP contribution in [0, 0.1) is 12.8 Å². The first-order valence-electron chi connectivity index (χ1n) is 6.11. The Morgan fingerprint density at radius 1 is 1.56 bits per heavy atom. The molecule has 1 fully saturated rings. The predicted molar refractivity (Wildman–Crippen MR) is 68.8 cm³/mol. The number of rotatable bonds is 6. The van der Waals surface area contributed by atoms with Gasteiger partial charge in [-0.15, -0.1) is 11.3 Å². The largest absolute Gasteiger partial charge is 0.394 e. The molecule has 0 radical (unpaired) electrons. The van der Waals surface area contributed by atoms with Crippen LogP contribution < -0.4 is 5.32 Å². The lowest BCUT2D eigenvalue weighted by molar-refractivity contribution is 0.233. The van der Waals surface area contributed by atoms with Gasteiger partial charge in [0.05, 0.1) is 12.6 Å². The van der Waals surface area contributed by atoms with Gasteiger partial charge >= 0.3 is 0 Å². The third-order valence-corrected chi connectivity index (χ3v) is 4.40. The Bertz CT molecular complexity index is 332. The van der Waals surface area contributed by atoms with Gasteiger partial charge in [0.25, 0.3) is 0 Å². The molecule has 2 N–H and O–H groups in total. The molecule has 1 heterocycles. The van der Waals surface area contributed by atoms with Crippen molar-refractivity contribution in [2.24, 2.45) is 5.92 Å². The van der Waals surface area contributed by atoms with Crippen LogP contribution in [0.4, 0.5) is 0 Å². The number of aryl methyl sites for hydroxylation is 1. The zero-order chi connectivity index (χ0) is 11.5. The van der Waals surface area contributed by atoms with E-state index >= 15 is 0 Å². The highest BCUT2D eigenvalue weighted by atomic mass is 32.1. The lowest BCUT2D eigenvalue weighted by Crippen LogP contribution is -2.32. The van der Waals surface area contributed by atoms with Gasteiger partial charge in [-0.1, -0.05) is 12.8 Å². The Morgan fingerprint density at radius 2 is 2.31 bits per heavy atom. The Labute approximate surface area is 102 Å². The van der Waals surface area contributed by atoms with Crippen molar-refractivity contribution >= 4 is 11.3 Å². The van der Waals surface area contributed by atoms with Crippen molar-refractivity contribution in [2.45, 2.75) is 45.2 Å². The van der Waals surface area contributed by atoms with E-state index in [0.29, 0.717) is 6.04 Å². The van der Waals surface area contributed by atoms with E-state index in [1.165, 1.54) is 29.7 Å². The van der Waals surface area contributed by atoms with Crippen LogP contribution >= 0.6 is 11.3 Å². The van der Waals surface area contributed by atoms with Crippen LogP contribution in [0.2, 0.25) is 0 Å². The summed E-state index contributed by atoms with van der Waals surface area (Å²) in [4.78, 5) is 1.28. The summed E-state index contributed by atoms with van der Waals surface area (Å²) in [5.74, 6) is 0.936. The average molecular weight is 239 g/mol. The van der Waals surface area contributed by atoms with Crippen LogP contribution in [0.5, 0.6) is 0 Å². The molecule has 1 aromatic heterocycles. The van der Waals surface area contributed by atoms with Gasteiger partial charge in [0.15, 0.2) is 0 Å². The Hall–Kier alpha value is -0.380. The molecule has 0 amide bonds. The van der Waals surface area contributed by atoms with Gasteiger partial charge in [-0.05, 0) is 43.2 Å². The number of thiophene rings is 1. The van der Waals surface area contributed by atoms with E-state index in [-0.39, 0.29) is 12.6 Å². The Balaban J connectivity index is 1.91. The van der Waals surface area contributed by atoms with Gasteiger partial charge in [-0.3, -0.25) is 0 Å². The molecule has 0 aromatic carbocycles. The van der Waals surface area contributed by atoms with Crippen LogP contribution in [0.3, 0.4) is 0 Å². The van der Waals surface area contributed by atoms with Crippen molar-refractivity contribution < 1.29 is 5.11 Å². The third kappa shape index (κ3) is 3.06. The van der Waals surface area contributed by atoms with Crippen molar-refractivity contribution in [2.75, 3.05) is 6.61 Å². The zero-order valence-electron chi connectivity index (χ0n) is 10.1. The molecule has 1 aromatic rings. The fraction of sp³-hybridized carbons (Fsp3) is 0.692. The summed E-state index contributed by atoms with van der Waals surface area (Å²) in [6.45, 7) is 4.53. The highest BCUT2D eigenvalue weighted by molar-refractivity contribution is 7.10. The van der Waals surface area contributed by atoms with E-state index in [1.807, 2.05) is 0 Å². The van der Waals surface area contributed by atoms with Crippen molar-refractivity contribution in [1.29, 1.82) is 0 Å². The second-order valence-electron chi connectivity index (χ2n) is 4.95. The van der Waals surface area contributed by atoms with Crippen molar-refractivity contribution in [3.05, 3.63) is 21.9 Å². The molecule has 0 aliphatic heterocycles. The number of aliphatic hydroxyl groups is 1. The Kier molecular flexibility index (Phi) is 4.00. The van der Waals surface area contributed by atoms with Crippen LogP contribution in [0.1, 0.15) is 42.7 Å². The molecule has 1 aliphatic carbocycles. The Morgan fingerprint density at radius 3 is 2.81 bits per heavy atom. The molecular formula is C13H21NOS. The molecule has 2 unspecified atom stereocenters. The van der Waals surface area contributed by atoms with E-state index in [2.05, 4.69) is 30.6 Å². The summed E-state index contributed by atoms with van der Waals surface area (Å²) >= 11 is 1.74. The van der Waals surface area contributed by atoms with Crippen molar-refractivity contribution in [1.82, 2.24) is 5.32 Å².